The van der Waals surface area contributed by atoms with E-state index in [4.69, 9.17) is 14.3 Å². The van der Waals surface area contributed by atoms with Gasteiger partial charge in [-0.25, -0.2) is 17.6 Å². The van der Waals surface area contributed by atoms with Crippen LogP contribution in [0.25, 0.3) is 16.6 Å². The number of nitrogens with zero attached hydrogens (tertiary/aromatic N) is 2. The van der Waals surface area contributed by atoms with E-state index in [9.17, 15) is 22.8 Å². The van der Waals surface area contributed by atoms with Gasteiger partial charge in [-0.15, -0.1) is 0 Å². The first kappa shape index (κ1) is 34.6. The summed E-state index contributed by atoms with van der Waals surface area (Å²) in [5.74, 6) is -1.67. The molecule has 2 aliphatic heterocycles. The summed E-state index contributed by atoms with van der Waals surface area (Å²) in [6.45, 7) is 3.54. The topological polar surface area (TPSA) is 142 Å². The van der Waals surface area contributed by atoms with Crippen molar-refractivity contribution in [3.05, 3.63) is 59.3 Å². The molecular weight excluding hydrogens is 676 g/mol. The Balaban J connectivity index is 0.00000506. The number of benzene rings is 2. The number of carbonyl (C=O) groups excluding carboxylic acids is 3. The number of hydrogen-bond donors (Lipinski definition) is 1. The Bertz CT molecular complexity index is 1420. The summed E-state index contributed by atoms with van der Waals surface area (Å²) < 4.78 is 49.2. The van der Waals surface area contributed by atoms with Crippen molar-refractivity contribution in [1.82, 2.24) is 5.32 Å². The van der Waals surface area contributed by atoms with Gasteiger partial charge >= 0.3 is 6.09 Å². The Morgan fingerprint density at radius 3 is 2.51 bits per heavy atom. The van der Waals surface area contributed by atoms with Crippen LogP contribution >= 0.6 is 0 Å². The van der Waals surface area contributed by atoms with Gasteiger partial charge in [-0.05, 0) is 68.4 Å². The van der Waals surface area contributed by atoms with Crippen LogP contribution in [0.1, 0.15) is 45.1 Å². The molecule has 2 saturated heterocycles. The molecule has 0 saturated carbocycles. The van der Waals surface area contributed by atoms with Crippen molar-refractivity contribution in [3.63, 3.8) is 0 Å². The molecule has 43 heavy (non-hydrogen) atoms. The van der Waals surface area contributed by atoms with Gasteiger partial charge in [-0.2, -0.15) is 0 Å². The molecule has 0 bridgehead atoms. The fraction of sp³-hybridized carbons (Fsp3) is 0.483. The number of rotatable bonds is 11. The Kier molecular flexibility index (Phi) is 11.8. The zero-order chi connectivity index (χ0) is 30.5. The molecule has 1 unspecified atom stereocenters. The van der Waals surface area contributed by atoms with Crippen molar-refractivity contribution >= 4 is 33.4 Å². The summed E-state index contributed by atoms with van der Waals surface area (Å²) in [7, 11) is -3.84. The zero-order valence-electron chi connectivity index (χ0n) is 24.1. The van der Waals surface area contributed by atoms with Gasteiger partial charge in [-0.1, -0.05) is 24.3 Å². The van der Waals surface area contributed by atoms with Gasteiger partial charge in [0, 0.05) is 45.8 Å². The van der Waals surface area contributed by atoms with Gasteiger partial charge in [0.1, 0.15) is 23.0 Å². The second kappa shape index (κ2) is 14.7. The van der Waals surface area contributed by atoms with Crippen LogP contribution in [0.15, 0.2) is 42.5 Å². The summed E-state index contributed by atoms with van der Waals surface area (Å²) in [4.78, 5) is 42.8. The number of aryl methyl sites for hydroxylation is 1. The standard InChI is InChI=1S/C29H36FN3O8S.Pd/c1-19(34)31-17-23-18-33(28(36)40-23)22-11-12-24(25(30)16-22)21-9-7-20(8-10-21)13-14-29(2,42(3,37)38)27(35)32-41-26-6-4-5-15-39-26;/h7-12,16,23,26H,4-6,13-15,17-18H2,1-3H3,(H2,31,32,34,35);/p-1/t23-,26?,29-;/m1./s1. The Morgan fingerprint density at radius 2 is 1.91 bits per heavy atom. The van der Waals surface area contributed by atoms with E-state index >= 15 is 4.39 Å². The average molecular weight is 711 g/mol. The molecule has 0 spiro atoms. The SMILES string of the molecule is CC(=O)NC[C@@H]1CN(c2ccc(-c3ccc(CC[C@](C)(C(=O)[N-]OC4CCCCO4)S(C)(=O)=O)cc3)c(F)c2)C(=O)O1.[Pd]. The molecular formula is C29H35FN3O8PdS-. The van der Waals surface area contributed by atoms with Crippen LogP contribution in [0, 0.1) is 5.82 Å². The number of halogens is 1. The molecule has 4 rings (SSSR count). The van der Waals surface area contributed by atoms with Crippen molar-refractivity contribution in [2.75, 3.05) is 30.9 Å². The number of carbonyl (C=O) groups is 3. The maximum absolute atomic E-state index is 15.1. The van der Waals surface area contributed by atoms with Crippen LogP contribution < -0.4 is 10.2 Å². The molecule has 11 nitrogen and oxygen atoms in total. The third-order valence-electron chi connectivity index (χ3n) is 7.53. The number of nitrogens with one attached hydrogen (secondary N) is 1. The number of hydroxylamine groups is 1. The largest absolute Gasteiger partial charge is 0.527 e. The van der Waals surface area contributed by atoms with Crippen molar-refractivity contribution < 1.29 is 61.9 Å². The maximum atomic E-state index is 15.1. The van der Waals surface area contributed by atoms with Crippen LogP contribution in [0.5, 0.6) is 0 Å². The molecule has 0 aliphatic carbocycles. The van der Waals surface area contributed by atoms with E-state index in [1.54, 1.807) is 36.4 Å². The van der Waals surface area contributed by atoms with E-state index in [0.29, 0.717) is 29.8 Å². The molecule has 2 aliphatic rings. The third-order valence-corrected chi connectivity index (χ3v) is 9.55. The summed E-state index contributed by atoms with van der Waals surface area (Å²) in [6, 6.07) is 11.3. The van der Waals surface area contributed by atoms with E-state index in [2.05, 4.69) is 10.8 Å². The number of ether oxygens (including phenoxy) is 2. The van der Waals surface area contributed by atoms with Gasteiger partial charge in [0.2, 0.25) is 5.91 Å². The minimum absolute atomic E-state index is 0. The van der Waals surface area contributed by atoms with Gasteiger partial charge in [0.05, 0.1) is 24.7 Å². The van der Waals surface area contributed by atoms with Crippen molar-refractivity contribution in [3.8, 4) is 11.1 Å². The summed E-state index contributed by atoms with van der Waals surface area (Å²) in [5.41, 5.74) is 5.56. The third kappa shape index (κ3) is 8.61. The van der Waals surface area contributed by atoms with Crippen molar-refractivity contribution in [2.24, 2.45) is 0 Å². The monoisotopic (exact) mass is 710 g/mol. The first-order chi connectivity index (χ1) is 19.9. The second-order valence-electron chi connectivity index (χ2n) is 10.7. The fourth-order valence-electron chi connectivity index (χ4n) is 4.68. The van der Waals surface area contributed by atoms with Gasteiger partial charge in [0.25, 0.3) is 0 Å². The minimum Gasteiger partial charge on any atom is -0.527 e. The summed E-state index contributed by atoms with van der Waals surface area (Å²) in [6.07, 6.45) is 1.74. The fourth-order valence-corrected chi connectivity index (χ4v) is 5.51. The average Bonchev–Trinajstić information content (AvgIpc) is 3.34. The molecule has 238 valence electrons. The number of anilines is 1. The number of cyclic esters (lactones) is 1. The molecule has 3 amide bonds. The molecule has 2 aromatic rings. The van der Waals surface area contributed by atoms with Crippen molar-refractivity contribution in [1.29, 1.82) is 0 Å². The molecule has 2 aromatic carbocycles. The molecule has 14 heteroatoms. The van der Waals surface area contributed by atoms with E-state index in [1.165, 1.54) is 24.8 Å². The quantitative estimate of drug-likeness (QED) is 0.272. The number of amides is 3. The van der Waals surface area contributed by atoms with Crippen molar-refractivity contribution in [2.45, 2.75) is 63.1 Å². The second-order valence-corrected chi connectivity index (χ2v) is 13.2. The summed E-state index contributed by atoms with van der Waals surface area (Å²) >= 11 is 0. The van der Waals surface area contributed by atoms with Crippen LogP contribution in [0.4, 0.5) is 14.9 Å². The summed E-state index contributed by atoms with van der Waals surface area (Å²) in [5, 5.41) is 2.60. The van der Waals surface area contributed by atoms with Crippen LogP contribution in [-0.4, -0.2) is 69.4 Å². The maximum Gasteiger partial charge on any atom is 0.414 e. The van der Waals surface area contributed by atoms with Crippen LogP contribution in [-0.2, 0) is 60.6 Å². The normalized spacial score (nSPS) is 20.0. The molecule has 2 fully saturated rings. The van der Waals surface area contributed by atoms with Gasteiger partial charge in [-0.3, -0.25) is 9.69 Å². The predicted molar refractivity (Wildman–Crippen MR) is 153 cm³/mol. The van der Waals surface area contributed by atoms with E-state index in [-0.39, 0.29) is 52.3 Å². The van der Waals surface area contributed by atoms with E-state index in [0.717, 1.165) is 24.7 Å². The molecule has 2 heterocycles. The Labute approximate surface area is 264 Å². The van der Waals surface area contributed by atoms with Gasteiger partial charge < -0.3 is 29.9 Å². The first-order valence-electron chi connectivity index (χ1n) is 13.7. The van der Waals surface area contributed by atoms with E-state index < -0.39 is 44.8 Å². The van der Waals surface area contributed by atoms with E-state index in [1.807, 2.05) is 0 Å². The number of sulfone groups is 1. The minimum atomic E-state index is -3.84. The number of hydrogen-bond acceptors (Lipinski definition) is 8. The molecule has 0 radical (unpaired) electrons. The van der Waals surface area contributed by atoms with Crippen LogP contribution in [0.2, 0.25) is 0 Å². The molecule has 1 N–H and O–H groups in total. The smallest absolute Gasteiger partial charge is 0.414 e. The molecule has 0 aromatic heterocycles. The van der Waals surface area contributed by atoms with Gasteiger partial charge in [0.15, 0.2) is 9.84 Å². The predicted octanol–water partition coefficient (Wildman–Crippen LogP) is 4.05. The van der Waals surface area contributed by atoms with Crippen LogP contribution in [0.3, 0.4) is 0 Å². The zero-order valence-corrected chi connectivity index (χ0v) is 26.5. The first-order valence-corrected chi connectivity index (χ1v) is 15.6. The Morgan fingerprint density at radius 1 is 1.19 bits per heavy atom. The Hall–Kier alpha value is -2.89. The molecule has 3 atom stereocenters.